The number of Topliss-reactive ketones (excluding diaryl/α,β-unsaturated/α-hetero) is 1. The van der Waals surface area contributed by atoms with Crippen LogP contribution in [0.2, 0.25) is 0 Å². The van der Waals surface area contributed by atoms with Gasteiger partial charge in [0.25, 0.3) is 0 Å². The van der Waals surface area contributed by atoms with Crippen LogP contribution in [0.3, 0.4) is 0 Å². The maximum absolute atomic E-state index is 10.9. The molecule has 0 radical (unpaired) electrons. The Balaban J connectivity index is 0.00000352. The van der Waals surface area contributed by atoms with Crippen LogP contribution >= 0.6 is 0 Å². The number of hydrogen-bond donors (Lipinski definition) is 0. The summed E-state index contributed by atoms with van der Waals surface area (Å²) in [4.78, 5) is 10.9. The maximum Gasteiger partial charge on any atom is 0.129 e. The third-order valence-corrected chi connectivity index (χ3v) is 3.40. The van der Waals surface area contributed by atoms with Crippen LogP contribution in [0, 0.1) is 11.8 Å². The Kier molecular flexibility index (Phi) is 17.4. The summed E-state index contributed by atoms with van der Waals surface area (Å²) in [7, 11) is 0. The first kappa shape index (κ1) is 26.2. The lowest BCUT2D eigenvalue weighted by Crippen LogP contribution is -2.09. The van der Waals surface area contributed by atoms with E-state index in [1.807, 2.05) is 38.6 Å². The van der Waals surface area contributed by atoms with Gasteiger partial charge in [-0.2, -0.15) is 0 Å². The van der Waals surface area contributed by atoms with Crippen LogP contribution in [0.15, 0.2) is 6.20 Å². The SMILES string of the molecule is CC.CC(=O)CCCCCn1cc(COCC#CCOCCOC(C)C)nn1. The minimum atomic E-state index is 0.225. The average Bonchev–Trinajstić information content (AvgIpc) is 3.12. The highest BCUT2D eigenvalue weighted by atomic mass is 16.5. The van der Waals surface area contributed by atoms with E-state index in [4.69, 9.17) is 14.2 Å². The van der Waals surface area contributed by atoms with Crippen LogP contribution in [0.1, 0.15) is 66.0 Å². The van der Waals surface area contributed by atoms with E-state index >= 15 is 0 Å². The summed E-state index contributed by atoms with van der Waals surface area (Å²) >= 11 is 0. The van der Waals surface area contributed by atoms with Crippen molar-refractivity contribution in [2.24, 2.45) is 0 Å². The maximum atomic E-state index is 10.9. The predicted molar refractivity (Wildman–Crippen MR) is 110 cm³/mol. The Morgan fingerprint density at radius 1 is 1.11 bits per heavy atom. The summed E-state index contributed by atoms with van der Waals surface area (Å²) < 4.78 is 17.9. The van der Waals surface area contributed by atoms with Crippen molar-refractivity contribution >= 4 is 5.78 Å². The van der Waals surface area contributed by atoms with Crippen molar-refractivity contribution in [1.29, 1.82) is 0 Å². The highest BCUT2D eigenvalue weighted by molar-refractivity contribution is 5.75. The number of carbonyl (C=O) groups excluding carboxylic acids is 1. The molecule has 0 aliphatic heterocycles. The molecule has 1 heterocycles. The molecule has 1 aromatic rings. The zero-order valence-corrected chi connectivity index (χ0v) is 18.2. The van der Waals surface area contributed by atoms with Crippen molar-refractivity contribution < 1.29 is 19.0 Å². The lowest BCUT2D eigenvalue weighted by molar-refractivity contribution is -0.117. The summed E-state index contributed by atoms with van der Waals surface area (Å²) in [6, 6.07) is 0. The first-order chi connectivity index (χ1) is 13.6. The van der Waals surface area contributed by atoms with E-state index in [9.17, 15) is 4.79 Å². The Bertz CT molecular complexity index is 561. The molecule has 1 aromatic heterocycles. The third kappa shape index (κ3) is 16.4. The molecule has 0 aliphatic carbocycles. The molecule has 0 bridgehead atoms. The fourth-order valence-electron chi connectivity index (χ4n) is 2.11. The van der Waals surface area contributed by atoms with E-state index in [-0.39, 0.29) is 11.9 Å². The van der Waals surface area contributed by atoms with Gasteiger partial charge in [-0.3, -0.25) is 4.68 Å². The summed E-state index contributed by atoms with van der Waals surface area (Å²) in [5, 5.41) is 8.14. The van der Waals surface area contributed by atoms with Gasteiger partial charge >= 0.3 is 0 Å². The van der Waals surface area contributed by atoms with Crippen molar-refractivity contribution in [2.75, 3.05) is 26.4 Å². The van der Waals surface area contributed by atoms with Gasteiger partial charge in [0.2, 0.25) is 0 Å². The van der Waals surface area contributed by atoms with E-state index in [2.05, 4.69) is 22.2 Å². The molecule has 0 unspecified atom stereocenters. The Hall–Kier alpha value is -1.75. The van der Waals surface area contributed by atoms with Gasteiger partial charge in [-0.25, -0.2) is 0 Å². The second kappa shape index (κ2) is 18.6. The Morgan fingerprint density at radius 3 is 2.50 bits per heavy atom. The second-order valence-electron chi connectivity index (χ2n) is 6.30. The van der Waals surface area contributed by atoms with Gasteiger partial charge in [0, 0.05) is 13.0 Å². The van der Waals surface area contributed by atoms with Gasteiger partial charge in [-0.05, 0) is 33.6 Å². The number of unbranched alkanes of at least 4 members (excludes halogenated alkanes) is 2. The van der Waals surface area contributed by atoms with Crippen LogP contribution < -0.4 is 0 Å². The average molecular weight is 396 g/mol. The summed E-state index contributed by atoms with van der Waals surface area (Å²) in [6.45, 7) is 12.7. The van der Waals surface area contributed by atoms with Gasteiger partial charge in [-0.15, -0.1) is 5.10 Å². The normalized spacial score (nSPS) is 10.2. The quantitative estimate of drug-likeness (QED) is 0.355. The molecule has 0 aliphatic rings. The molecule has 7 heteroatoms. The predicted octanol–water partition coefficient (Wildman–Crippen LogP) is 3.42. The molecule has 28 heavy (non-hydrogen) atoms. The second-order valence-corrected chi connectivity index (χ2v) is 6.30. The summed E-state index contributed by atoms with van der Waals surface area (Å²) in [5.41, 5.74) is 0.789. The van der Waals surface area contributed by atoms with Gasteiger partial charge in [-0.1, -0.05) is 37.3 Å². The minimum Gasteiger partial charge on any atom is -0.376 e. The molecular formula is C21H37N3O4. The van der Waals surface area contributed by atoms with Gasteiger partial charge in [0.1, 0.15) is 24.7 Å². The first-order valence-corrected chi connectivity index (χ1v) is 10.2. The van der Waals surface area contributed by atoms with Crippen molar-refractivity contribution in [1.82, 2.24) is 15.0 Å². The lowest BCUT2D eigenvalue weighted by atomic mass is 10.1. The lowest BCUT2D eigenvalue weighted by Gasteiger charge is -2.05. The number of hydrogen-bond acceptors (Lipinski definition) is 6. The number of carbonyl (C=O) groups is 1. The van der Waals surface area contributed by atoms with Crippen molar-refractivity contribution in [3.05, 3.63) is 11.9 Å². The smallest absolute Gasteiger partial charge is 0.129 e. The third-order valence-electron chi connectivity index (χ3n) is 3.40. The van der Waals surface area contributed by atoms with Crippen LogP contribution in [0.25, 0.3) is 0 Å². The largest absolute Gasteiger partial charge is 0.376 e. The summed E-state index contributed by atoms with van der Waals surface area (Å²) in [6.07, 6.45) is 5.72. The standard InChI is InChI=1S/C19H31N3O4.C2H6/c1-17(2)26-14-13-24-11-7-8-12-25-16-19-15-22(21-20-19)10-6-4-5-9-18(3)23;1-2/h15,17H,4-6,9-14,16H2,1-3H3;1-2H3. The van der Waals surface area contributed by atoms with Crippen molar-refractivity contribution in [3.8, 4) is 11.8 Å². The number of aryl methyl sites for hydroxylation is 1. The molecule has 7 nitrogen and oxygen atoms in total. The monoisotopic (exact) mass is 395 g/mol. The molecule has 1 rings (SSSR count). The minimum absolute atomic E-state index is 0.225. The number of ketones is 1. The highest BCUT2D eigenvalue weighted by Crippen LogP contribution is 2.03. The molecule has 0 amide bonds. The van der Waals surface area contributed by atoms with E-state index in [0.29, 0.717) is 39.5 Å². The molecular weight excluding hydrogens is 358 g/mol. The van der Waals surface area contributed by atoms with E-state index < -0.39 is 0 Å². The zero-order valence-electron chi connectivity index (χ0n) is 18.2. The molecule has 0 saturated heterocycles. The van der Waals surface area contributed by atoms with E-state index in [1.54, 1.807) is 6.92 Å². The zero-order chi connectivity index (χ0) is 21.0. The Labute approximate surface area is 170 Å². The molecule has 0 spiro atoms. The highest BCUT2D eigenvalue weighted by Gasteiger charge is 2.01. The van der Waals surface area contributed by atoms with Crippen LogP contribution in [0.5, 0.6) is 0 Å². The number of ether oxygens (including phenoxy) is 3. The van der Waals surface area contributed by atoms with Crippen molar-refractivity contribution in [2.45, 2.75) is 79.6 Å². The molecule has 0 aromatic carbocycles. The number of aromatic nitrogens is 3. The molecule has 0 atom stereocenters. The molecule has 0 fully saturated rings. The van der Waals surface area contributed by atoms with E-state index in [0.717, 1.165) is 31.5 Å². The number of rotatable bonds is 14. The van der Waals surface area contributed by atoms with Gasteiger partial charge < -0.3 is 19.0 Å². The molecule has 0 N–H and O–H groups in total. The van der Waals surface area contributed by atoms with E-state index in [1.165, 1.54) is 0 Å². The topological polar surface area (TPSA) is 75.5 Å². The van der Waals surface area contributed by atoms with Gasteiger partial charge in [0.15, 0.2) is 0 Å². The van der Waals surface area contributed by atoms with Gasteiger partial charge in [0.05, 0.1) is 32.1 Å². The van der Waals surface area contributed by atoms with Crippen LogP contribution in [-0.2, 0) is 32.2 Å². The van der Waals surface area contributed by atoms with Crippen LogP contribution in [-0.4, -0.2) is 53.3 Å². The molecule has 160 valence electrons. The van der Waals surface area contributed by atoms with Crippen LogP contribution in [0.4, 0.5) is 0 Å². The first-order valence-electron chi connectivity index (χ1n) is 10.2. The number of nitrogens with zero attached hydrogens (tertiary/aromatic N) is 3. The fourth-order valence-corrected chi connectivity index (χ4v) is 2.11. The molecule has 0 saturated carbocycles. The summed E-state index contributed by atoms with van der Waals surface area (Å²) in [5.74, 6) is 6.04. The fraction of sp³-hybridized carbons (Fsp3) is 0.762. The van der Waals surface area contributed by atoms with Crippen molar-refractivity contribution in [3.63, 3.8) is 0 Å². The Morgan fingerprint density at radius 2 is 1.82 bits per heavy atom.